The highest BCUT2D eigenvalue weighted by Crippen LogP contribution is 2.34. The highest BCUT2D eigenvalue weighted by atomic mass is 16.5. The van der Waals surface area contributed by atoms with E-state index in [-0.39, 0.29) is 0 Å². The van der Waals surface area contributed by atoms with Gasteiger partial charge in [-0.25, -0.2) is 0 Å². The second-order valence-corrected chi connectivity index (χ2v) is 6.87. The number of likely N-dealkylation sites (N-methyl/N-ethyl adjacent to an activating group) is 1. The maximum Gasteiger partial charge on any atom is 0.0731 e. The van der Waals surface area contributed by atoms with E-state index in [0.717, 1.165) is 25.7 Å². The third kappa shape index (κ3) is 3.20. The Balaban J connectivity index is 1.72. The first-order chi connectivity index (χ1) is 9.90. The molecule has 0 amide bonds. The Hall–Kier alpha value is -0.120. The van der Waals surface area contributed by atoms with Crippen LogP contribution in [0.2, 0.25) is 0 Å². The van der Waals surface area contributed by atoms with Crippen LogP contribution in [0.4, 0.5) is 0 Å². The Morgan fingerprint density at radius 3 is 2.60 bits per heavy atom. The zero-order valence-corrected chi connectivity index (χ0v) is 13.2. The van der Waals surface area contributed by atoms with Gasteiger partial charge in [-0.15, -0.1) is 0 Å². The minimum Gasteiger partial charge on any atom is -0.375 e. The van der Waals surface area contributed by atoms with Gasteiger partial charge in [0.2, 0.25) is 0 Å². The molecule has 3 fully saturated rings. The summed E-state index contributed by atoms with van der Waals surface area (Å²) >= 11 is 0. The number of fused-ring (bicyclic) bond motifs is 1. The van der Waals surface area contributed by atoms with E-state index < -0.39 is 0 Å². The van der Waals surface area contributed by atoms with Crippen molar-refractivity contribution in [3.63, 3.8) is 0 Å². The number of nitrogens with one attached hydrogen (secondary N) is 1. The molecular formula is C17H32N2O. The molecule has 4 unspecified atom stereocenters. The van der Waals surface area contributed by atoms with Crippen LogP contribution in [0.3, 0.4) is 0 Å². The fourth-order valence-electron chi connectivity index (χ4n) is 4.73. The molecule has 3 aliphatic rings. The molecule has 3 rings (SSSR count). The Kier molecular flexibility index (Phi) is 5.36. The van der Waals surface area contributed by atoms with Crippen LogP contribution in [0.5, 0.6) is 0 Å². The van der Waals surface area contributed by atoms with Gasteiger partial charge in [-0.1, -0.05) is 32.6 Å². The third-order valence-electron chi connectivity index (χ3n) is 5.65. The standard InChI is InChI=1S/C17H32N2O/c1-2-18-14-8-5-3-4-6-9-15(14)19-12-13-20-17-11-7-10-16(17)19/h14-18H,2-13H2,1H3. The summed E-state index contributed by atoms with van der Waals surface area (Å²) in [7, 11) is 0. The minimum atomic E-state index is 0.538. The molecule has 4 atom stereocenters. The van der Waals surface area contributed by atoms with Crippen molar-refractivity contribution >= 4 is 0 Å². The molecule has 0 aromatic rings. The molecule has 0 radical (unpaired) electrons. The predicted octanol–water partition coefficient (Wildman–Crippen LogP) is 2.94. The van der Waals surface area contributed by atoms with Gasteiger partial charge in [0.05, 0.1) is 12.7 Å². The summed E-state index contributed by atoms with van der Waals surface area (Å²) in [4.78, 5) is 2.85. The molecule has 20 heavy (non-hydrogen) atoms. The Bertz CT molecular complexity index is 297. The van der Waals surface area contributed by atoms with E-state index in [1.165, 1.54) is 57.8 Å². The monoisotopic (exact) mass is 280 g/mol. The van der Waals surface area contributed by atoms with Crippen LogP contribution in [-0.4, -0.2) is 48.8 Å². The molecule has 2 aliphatic carbocycles. The van der Waals surface area contributed by atoms with Crippen LogP contribution >= 0.6 is 0 Å². The van der Waals surface area contributed by atoms with Crippen molar-refractivity contribution in [2.75, 3.05) is 19.7 Å². The summed E-state index contributed by atoms with van der Waals surface area (Å²) in [5.74, 6) is 0. The molecule has 0 aromatic heterocycles. The number of nitrogens with zero attached hydrogens (tertiary/aromatic N) is 1. The van der Waals surface area contributed by atoms with Crippen LogP contribution in [0, 0.1) is 0 Å². The van der Waals surface area contributed by atoms with Crippen molar-refractivity contribution in [2.45, 2.75) is 88.9 Å². The first-order valence-corrected chi connectivity index (χ1v) is 9.01. The highest BCUT2D eigenvalue weighted by Gasteiger charge is 2.41. The lowest BCUT2D eigenvalue weighted by atomic mass is 9.89. The van der Waals surface area contributed by atoms with Gasteiger partial charge in [0, 0.05) is 24.7 Å². The molecule has 0 bridgehead atoms. The molecule has 1 heterocycles. The fraction of sp³-hybridized carbons (Fsp3) is 1.00. The van der Waals surface area contributed by atoms with E-state index in [0.29, 0.717) is 18.2 Å². The zero-order valence-electron chi connectivity index (χ0n) is 13.2. The Morgan fingerprint density at radius 2 is 1.75 bits per heavy atom. The molecule has 3 heteroatoms. The van der Waals surface area contributed by atoms with Gasteiger partial charge in [0.25, 0.3) is 0 Å². The summed E-state index contributed by atoms with van der Waals surface area (Å²) < 4.78 is 6.01. The second-order valence-electron chi connectivity index (χ2n) is 6.87. The third-order valence-corrected chi connectivity index (χ3v) is 5.65. The molecule has 1 saturated heterocycles. The zero-order chi connectivity index (χ0) is 13.8. The quantitative estimate of drug-likeness (QED) is 0.860. The summed E-state index contributed by atoms with van der Waals surface area (Å²) in [6.45, 7) is 5.48. The number of rotatable bonds is 3. The van der Waals surface area contributed by atoms with Crippen molar-refractivity contribution in [1.82, 2.24) is 10.2 Å². The SMILES string of the molecule is CCNC1CCCCCCC1N1CCOC2CCCC21. The summed E-state index contributed by atoms with van der Waals surface area (Å²) in [6, 6.07) is 2.18. The van der Waals surface area contributed by atoms with Crippen molar-refractivity contribution in [3.05, 3.63) is 0 Å². The van der Waals surface area contributed by atoms with Gasteiger partial charge >= 0.3 is 0 Å². The lowest BCUT2D eigenvalue weighted by Gasteiger charge is -2.46. The summed E-state index contributed by atoms with van der Waals surface area (Å²) in [5, 5.41) is 3.80. The smallest absolute Gasteiger partial charge is 0.0731 e. The number of hydrogen-bond donors (Lipinski definition) is 1. The summed E-state index contributed by atoms with van der Waals surface area (Å²) in [5.41, 5.74) is 0. The number of ether oxygens (including phenoxy) is 1. The first-order valence-electron chi connectivity index (χ1n) is 9.01. The van der Waals surface area contributed by atoms with Gasteiger partial charge in [-0.2, -0.15) is 0 Å². The van der Waals surface area contributed by atoms with Crippen molar-refractivity contribution in [2.24, 2.45) is 0 Å². The molecule has 1 aliphatic heterocycles. The molecule has 1 N–H and O–H groups in total. The van der Waals surface area contributed by atoms with Gasteiger partial charge < -0.3 is 10.1 Å². The lowest BCUT2D eigenvalue weighted by molar-refractivity contribution is -0.0794. The van der Waals surface area contributed by atoms with E-state index in [1.54, 1.807) is 0 Å². The normalized spacial score (nSPS) is 40.0. The van der Waals surface area contributed by atoms with Crippen LogP contribution in [-0.2, 0) is 4.74 Å². The van der Waals surface area contributed by atoms with Crippen LogP contribution < -0.4 is 5.32 Å². The summed E-state index contributed by atoms with van der Waals surface area (Å²) in [6.07, 6.45) is 13.0. The van der Waals surface area contributed by atoms with E-state index >= 15 is 0 Å². The van der Waals surface area contributed by atoms with Crippen molar-refractivity contribution in [3.8, 4) is 0 Å². The van der Waals surface area contributed by atoms with Crippen LogP contribution in [0.25, 0.3) is 0 Å². The number of morpholine rings is 1. The first kappa shape index (κ1) is 14.8. The highest BCUT2D eigenvalue weighted by molar-refractivity contribution is 4.96. The van der Waals surface area contributed by atoms with Gasteiger partial charge in [-0.3, -0.25) is 4.90 Å². The Labute approximate surface area is 124 Å². The predicted molar refractivity (Wildman–Crippen MR) is 83.0 cm³/mol. The molecule has 3 nitrogen and oxygen atoms in total. The van der Waals surface area contributed by atoms with Crippen molar-refractivity contribution < 1.29 is 4.74 Å². The van der Waals surface area contributed by atoms with Gasteiger partial charge in [-0.05, 0) is 38.6 Å². The Morgan fingerprint density at radius 1 is 0.950 bits per heavy atom. The largest absolute Gasteiger partial charge is 0.375 e. The minimum absolute atomic E-state index is 0.538. The van der Waals surface area contributed by atoms with Crippen LogP contribution in [0.1, 0.15) is 64.7 Å². The van der Waals surface area contributed by atoms with Crippen LogP contribution in [0.15, 0.2) is 0 Å². The topological polar surface area (TPSA) is 24.5 Å². The second kappa shape index (κ2) is 7.24. The average Bonchev–Trinajstić information content (AvgIpc) is 2.91. The van der Waals surface area contributed by atoms with E-state index in [2.05, 4.69) is 17.1 Å². The van der Waals surface area contributed by atoms with E-state index in [4.69, 9.17) is 4.74 Å². The van der Waals surface area contributed by atoms with E-state index in [9.17, 15) is 0 Å². The lowest BCUT2D eigenvalue weighted by Crippen LogP contribution is -2.59. The van der Waals surface area contributed by atoms with Crippen molar-refractivity contribution in [1.29, 1.82) is 0 Å². The molecule has 0 aromatic carbocycles. The molecule has 2 saturated carbocycles. The maximum atomic E-state index is 6.01. The number of hydrogen-bond acceptors (Lipinski definition) is 3. The average molecular weight is 280 g/mol. The molecule has 0 spiro atoms. The van der Waals surface area contributed by atoms with E-state index in [1.807, 2.05) is 0 Å². The fourth-order valence-corrected chi connectivity index (χ4v) is 4.73. The maximum absolute atomic E-state index is 6.01. The van der Waals surface area contributed by atoms with Gasteiger partial charge in [0.15, 0.2) is 0 Å². The molecule has 116 valence electrons. The van der Waals surface area contributed by atoms with Gasteiger partial charge in [0.1, 0.15) is 0 Å². The molecular weight excluding hydrogens is 248 g/mol.